The summed E-state index contributed by atoms with van der Waals surface area (Å²) in [6.45, 7) is -1.03. The second-order valence-electron chi connectivity index (χ2n) is 3.01. The Balaban J connectivity index is 2.49. The Morgan fingerprint density at radius 1 is 1.31 bits per heavy atom. The summed E-state index contributed by atoms with van der Waals surface area (Å²) in [4.78, 5) is 9.23. The fourth-order valence-corrected chi connectivity index (χ4v) is 1.68. The Morgan fingerprint density at radius 3 is 2.50 bits per heavy atom. The first-order valence-electron chi connectivity index (χ1n) is 4.54. The van der Waals surface area contributed by atoms with Crippen molar-refractivity contribution in [2.45, 2.75) is 6.10 Å². The lowest BCUT2D eigenvalue weighted by molar-refractivity contribution is 0.0430. The molecule has 0 heterocycles. The number of phosphoric acid groups is 1. The molecule has 2 atom stereocenters. The maximum absolute atomic E-state index is 11.3. The highest BCUT2D eigenvalue weighted by atomic mass is 31.2. The summed E-state index contributed by atoms with van der Waals surface area (Å²) >= 11 is 0. The van der Waals surface area contributed by atoms with E-state index in [4.69, 9.17) is 14.7 Å². The average Bonchev–Trinajstić information content (AvgIpc) is 2.27. The molecular formula is C9H13O6P. The molecule has 0 aromatic heterocycles. The van der Waals surface area contributed by atoms with Gasteiger partial charge in [-0.1, -0.05) is 18.2 Å². The minimum Gasteiger partial charge on any atom is -0.404 e. The van der Waals surface area contributed by atoms with Crippen LogP contribution in [0.2, 0.25) is 0 Å². The quantitative estimate of drug-likeness (QED) is 0.636. The zero-order chi connectivity index (χ0) is 12.0. The first-order valence-corrected chi connectivity index (χ1v) is 6.04. The normalized spacial score (nSPS) is 16.4. The van der Waals surface area contributed by atoms with E-state index in [0.29, 0.717) is 0 Å². The van der Waals surface area contributed by atoms with Gasteiger partial charge in [0.2, 0.25) is 0 Å². The van der Waals surface area contributed by atoms with E-state index in [-0.39, 0.29) is 5.75 Å². The summed E-state index contributed by atoms with van der Waals surface area (Å²) in [5.74, 6) is 0.187. The van der Waals surface area contributed by atoms with E-state index in [9.17, 15) is 9.46 Å². The van der Waals surface area contributed by atoms with Crippen LogP contribution >= 0.6 is 7.82 Å². The van der Waals surface area contributed by atoms with Gasteiger partial charge >= 0.3 is 7.82 Å². The molecule has 0 saturated heterocycles. The van der Waals surface area contributed by atoms with E-state index in [2.05, 4.69) is 4.52 Å². The number of phosphoric ester groups is 1. The molecule has 0 aliphatic rings. The van der Waals surface area contributed by atoms with Crippen molar-refractivity contribution < 1.29 is 28.7 Å². The van der Waals surface area contributed by atoms with Crippen LogP contribution in [0.25, 0.3) is 0 Å². The molecule has 6 nitrogen and oxygen atoms in total. The molecule has 0 bridgehead atoms. The summed E-state index contributed by atoms with van der Waals surface area (Å²) in [7, 11) is -4.25. The van der Waals surface area contributed by atoms with Gasteiger partial charge in [-0.3, -0.25) is 9.42 Å². The minimum absolute atomic E-state index is 0.187. The molecule has 0 saturated carbocycles. The zero-order valence-electron chi connectivity index (χ0n) is 8.39. The number of rotatable bonds is 6. The van der Waals surface area contributed by atoms with Gasteiger partial charge in [-0.2, -0.15) is 0 Å². The molecule has 7 heteroatoms. The van der Waals surface area contributed by atoms with Crippen LogP contribution in [0, 0.1) is 0 Å². The molecule has 2 unspecified atom stereocenters. The highest BCUT2D eigenvalue weighted by Gasteiger charge is 2.24. The molecule has 0 aliphatic carbocycles. The second kappa shape index (κ2) is 5.98. The van der Waals surface area contributed by atoms with Gasteiger partial charge in [-0.15, -0.1) is 0 Å². The highest BCUT2D eigenvalue weighted by Crippen LogP contribution is 2.43. The van der Waals surface area contributed by atoms with E-state index in [0.717, 1.165) is 0 Å². The van der Waals surface area contributed by atoms with Gasteiger partial charge in [-0.25, -0.2) is 4.57 Å². The smallest absolute Gasteiger partial charge is 0.404 e. The van der Waals surface area contributed by atoms with Crippen molar-refractivity contribution in [2.75, 3.05) is 13.2 Å². The zero-order valence-corrected chi connectivity index (χ0v) is 9.29. The van der Waals surface area contributed by atoms with Gasteiger partial charge in [0.05, 0.1) is 13.2 Å². The summed E-state index contributed by atoms with van der Waals surface area (Å²) in [5, 5.41) is 17.4. The van der Waals surface area contributed by atoms with Crippen LogP contribution in [0.3, 0.4) is 0 Å². The summed E-state index contributed by atoms with van der Waals surface area (Å²) in [5.41, 5.74) is 0. The lowest BCUT2D eigenvalue weighted by Gasteiger charge is -2.14. The molecule has 1 rings (SSSR count). The Labute approximate surface area is 92.7 Å². The van der Waals surface area contributed by atoms with E-state index >= 15 is 0 Å². The molecule has 0 fully saturated rings. The van der Waals surface area contributed by atoms with Gasteiger partial charge in [0.25, 0.3) is 0 Å². The second-order valence-corrected chi connectivity index (χ2v) is 4.38. The molecule has 1 aromatic carbocycles. The maximum Gasteiger partial charge on any atom is 0.527 e. The molecule has 90 valence electrons. The largest absolute Gasteiger partial charge is 0.527 e. The predicted molar refractivity (Wildman–Crippen MR) is 55.9 cm³/mol. The predicted octanol–water partition coefficient (Wildman–Crippen LogP) is 0.536. The third kappa shape index (κ3) is 4.74. The van der Waals surface area contributed by atoms with E-state index in [1.807, 2.05) is 0 Å². The number of aliphatic hydroxyl groups excluding tert-OH is 2. The summed E-state index contributed by atoms with van der Waals surface area (Å²) < 4.78 is 20.5. The Morgan fingerprint density at radius 2 is 1.94 bits per heavy atom. The Hall–Kier alpha value is -0.910. The van der Waals surface area contributed by atoms with Crippen LogP contribution in [0.4, 0.5) is 0 Å². The molecule has 0 radical (unpaired) electrons. The number of hydrogen-bond acceptors (Lipinski definition) is 5. The average molecular weight is 248 g/mol. The minimum atomic E-state index is -4.25. The molecular weight excluding hydrogens is 235 g/mol. The number of para-hydroxylation sites is 1. The molecule has 0 spiro atoms. The van der Waals surface area contributed by atoms with Crippen molar-refractivity contribution in [2.24, 2.45) is 0 Å². The van der Waals surface area contributed by atoms with Crippen molar-refractivity contribution in [3.63, 3.8) is 0 Å². The van der Waals surface area contributed by atoms with Crippen LogP contribution in [0.1, 0.15) is 0 Å². The highest BCUT2D eigenvalue weighted by molar-refractivity contribution is 7.47. The molecule has 1 aromatic rings. The summed E-state index contributed by atoms with van der Waals surface area (Å²) in [6.07, 6.45) is -1.21. The van der Waals surface area contributed by atoms with Crippen LogP contribution in [-0.2, 0) is 9.09 Å². The third-order valence-electron chi connectivity index (χ3n) is 1.60. The standard InChI is InChI=1S/C9H13O6P/c10-6-8(11)7-14-16(12,13)15-9-4-2-1-3-5-9/h1-5,8,10-11H,6-7H2,(H,12,13). The molecule has 16 heavy (non-hydrogen) atoms. The van der Waals surface area contributed by atoms with Crippen molar-refractivity contribution in [3.8, 4) is 5.75 Å². The van der Waals surface area contributed by atoms with Crippen molar-refractivity contribution in [3.05, 3.63) is 30.3 Å². The van der Waals surface area contributed by atoms with Gasteiger partial charge in [0.15, 0.2) is 0 Å². The number of benzene rings is 1. The van der Waals surface area contributed by atoms with Crippen molar-refractivity contribution in [1.29, 1.82) is 0 Å². The Bertz CT molecular complexity index is 354. The lowest BCUT2D eigenvalue weighted by Crippen LogP contribution is -2.19. The Kier molecular flexibility index (Phi) is 4.92. The van der Waals surface area contributed by atoms with Crippen molar-refractivity contribution >= 4 is 7.82 Å². The maximum atomic E-state index is 11.3. The molecule has 0 amide bonds. The third-order valence-corrected chi connectivity index (χ3v) is 2.52. The fraction of sp³-hybridized carbons (Fsp3) is 0.333. The first kappa shape index (κ1) is 13.2. The number of aliphatic hydroxyl groups is 2. The fourth-order valence-electron chi connectivity index (χ4n) is 0.874. The van der Waals surface area contributed by atoms with Gasteiger partial charge in [0, 0.05) is 0 Å². The van der Waals surface area contributed by atoms with E-state index in [1.165, 1.54) is 12.1 Å². The van der Waals surface area contributed by atoms with E-state index < -0.39 is 27.1 Å². The lowest BCUT2D eigenvalue weighted by atomic mass is 10.3. The van der Waals surface area contributed by atoms with Crippen LogP contribution in [-0.4, -0.2) is 34.4 Å². The topological polar surface area (TPSA) is 96.2 Å². The molecule has 3 N–H and O–H groups in total. The first-order chi connectivity index (χ1) is 7.53. The summed E-state index contributed by atoms with van der Waals surface area (Å²) in [6, 6.07) is 7.99. The van der Waals surface area contributed by atoms with Gasteiger partial charge in [0.1, 0.15) is 11.9 Å². The molecule has 0 aliphatic heterocycles. The van der Waals surface area contributed by atoms with Gasteiger partial charge in [-0.05, 0) is 12.1 Å². The monoisotopic (exact) mass is 248 g/mol. The SMILES string of the molecule is O=P(O)(OCC(O)CO)Oc1ccccc1. The van der Waals surface area contributed by atoms with Crippen LogP contribution < -0.4 is 4.52 Å². The van der Waals surface area contributed by atoms with Crippen LogP contribution in [0.15, 0.2) is 30.3 Å². The van der Waals surface area contributed by atoms with Crippen molar-refractivity contribution in [1.82, 2.24) is 0 Å². The van der Waals surface area contributed by atoms with Crippen LogP contribution in [0.5, 0.6) is 5.75 Å². The van der Waals surface area contributed by atoms with Gasteiger partial charge < -0.3 is 14.7 Å². The van der Waals surface area contributed by atoms with E-state index in [1.54, 1.807) is 18.2 Å². The number of hydrogen-bond donors (Lipinski definition) is 3.